The number of hydrogen-bond acceptors (Lipinski definition) is 5. The Kier molecular flexibility index (Phi) is 7.08. The Morgan fingerprint density at radius 2 is 2.10 bits per heavy atom. The third-order valence-corrected chi connectivity index (χ3v) is 6.63. The number of benzene rings is 1. The number of carbonyl (C=O) groups excluding carboxylic acids is 1. The van der Waals surface area contributed by atoms with Gasteiger partial charge in [-0.3, -0.25) is 9.69 Å². The zero-order valence-corrected chi connectivity index (χ0v) is 18.0. The highest BCUT2D eigenvalue weighted by atomic mass is 16.5. The van der Waals surface area contributed by atoms with E-state index in [1.54, 1.807) is 7.11 Å². The second-order valence-electron chi connectivity index (χ2n) is 8.65. The SMILES string of the molecule is COc1ccccc1/C=C/CN1CCC2(CCC(CNC(=O)C3CCCO3)O2)CC1. The van der Waals surface area contributed by atoms with Gasteiger partial charge in [-0.2, -0.15) is 0 Å². The molecule has 2 unspecified atom stereocenters. The van der Waals surface area contributed by atoms with E-state index in [-0.39, 0.29) is 23.7 Å². The topological polar surface area (TPSA) is 60.0 Å². The van der Waals surface area contributed by atoms with E-state index in [2.05, 4.69) is 28.4 Å². The van der Waals surface area contributed by atoms with Crippen LogP contribution in [0.2, 0.25) is 0 Å². The Balaban J connectivity index is 1.19. The van der Waals surface area contributed by atoms with Crippen LogP contribution in [-0.2, 0) is 14.3 Å². The van der Waals surface area contributed by atoms with E-state index in [4.69, 9.17) is 14.2 Å². The molecular weight excluding hydrogens is 380 g/mol. The Bertz CT molecular complexity index is 736. The number of ether oxygens (including phenoxy) is 3. The van der Waals surface area contributed by atoms with Crippen molar-refractivity contribution in [3.8, 4) is 5.75 Å². The van der Waals surface area contributed by atoms with Crippen LogP contribution in [-0.4, -0.2) is 68.5 Å². The predicted molar refractivity (Wildman–Crippen MR) is 117 cm³/mol. The lowest BCUT2D eigenvalue weighted by molar-refractivity contribution is -0.131. The summed E-state index contributed by atoms with van der Waals surface area (Å²) in [4.78, 5) is 14.6. The summed E-state index contributed by atoms with van der Waals surface area (Å²) >= 11 is 0. The number of likely N-dealkylation sites (tertiary alicyclic amines) is 1. The molecule has 0 aliphatic carbocycles. The fourth-order valence-corrected chi connectivity index (χ4v) is 4.80. The maximum Gasteiger partial charge on any atom is 0.249 e. The molecule has 1 aromatic rings. The Morgan fingerprint density at radius 3 is 2.87 bits per heavy atom. The summed E-state index contributed by atoms with van der Waals surface area (Å²) in [7, 11) is 1.71. The first kappa shape index (κ1) is 21.3. The first-order chi connectivity index (χ1) is 14.7. The summed E-state index contributed by atoms with van der Waals surface area (Å²) in [6, 6.07) is 8.08. The molecule has 0 bridgehead atoms. The molecule has 6 heteroatoms. The van der Waals surface area contributed by atoms with Crippen molar-refractivity contribution in [3.63, 3.8) is 0 Å². The van der Waals surface area contributed by atoms with Crippen molar-refractivity contribution in [1.82, 2.24) is 10.2 Å². The highest BCUT2D eigenvalue weighted by Gasteiger charge is 2.42. The van der Waals surface area contributed by atoms with Crippen molar-refractivity contribution in [3.05, 3.63) is 35.9 Å². The van der Waals surface area contributed by atoms with Gasteiger partial charge in [0.25, 0.3) is 0 Å². The number of methoxy groups -OCH3 is 1. The Hall–Kier alpha value is -1.89. The highest BCUT2D eigenvalue weighted by Crippen LogP contribution is 2.38. The number of nitrogens with zero attached hydrogens (tertiary/aromatic N) is 1. The maximum atomic E-state index is 12.1. The van der Waals surface area contributed by atoms with Crippen LogP contribution in [0, 0.1) is 0 Å². The number of para-hydroxylation sites is 1. The first-order valence-electron chi connectivity index (χ1n) is 11.3. The number of carbonyl (C=O) groups is 1. The summed E-state index contributed by atoms with van der Waals surface area (Å²) < 4.78 is 17.3. The van der Waals surface area contributed by atoms with E-state index < -0.39 is 0 Å². The van der Waals surface area contributed by atoms with E-state index >= 15 is 0 Å². The molecule has 0 aromatic heterocycles. The van der Waals surface area contributed by atoms with Gasteiger partial charge >= 0.3 is 0 Å². The maximum absolute atomic E-state index is 12.1. The minimum Gasteiger partial charge on any atom is -0.496 e. The largest absolute Gasteiger partial charge is 0.496 e. The fourth-order valence-electron chi connectivity index (χ4n) is 4.80. The second kappa shape index (κ2) is 9.94. The molecule has 1 spiro atoms. The Morgan fingerprint density at radius 1 is 1.27 bits per heavy atom. The van der Waals surface area contributed by atoms with Gasteiger partial charge in [0.15, 0.2) is 0 Å². The van der Waals surface area contributed by atoms with Gasteiger partial charge in [0.05, 0.1) is 18.8 Å². The molecule has 3 aliphatic heterocycles. The molecule has 0 saturated carbocycles. The molecule has 3 saturated heterocycles. The lowest BCUT2D eigenvalue weighted by atomic mass is 9.88. The minimum absolute atomic E-state index is 0.00210. The van der Waals surface area contributed by atoms with Crippen LogP contribution in [0.3, 0.4) is 0 Å². The molecule has 1 aromatic carbocycles. The fraction of sp³-hybridized carbons (Fsp3) is 0.625. The van der Waals surface area contributed by atoms with Gasteiger partial charge in [0, 0.05) is 38.3 Å². The lowest BCUT2D eigenvalue weighted by Gasteiger charge is -2.38. The standard InChI is InChI=1S/C24H34N2O4/c1-28-21-8-3-2-6-19(21)7-4-14-26-15-12-24(13-16-26)11-10-20(30-24)18-25-23(27)22-9-5-17-29-22/h2-4,6-8,20,22H,5,9-18H2,1H3,(H,25,27)/b7-4+. The highest BCUT2D eigenvalue weighted by molar-refractivity contribution is 5.80. The summed E-state index contributed by atoms with van der Waals surface area (Å²) in [5.41, 5.74) is 1.11. The average molecular weight is 415 g/mol. The predicted octanol–water partition coefficient (Wildman–Crippen LogP) is 3.02. The summed E-state index contributed by atoms with van der Waals surface area (Å²) in [5, 5.41) is 3.03. The van der Waals surface area contributed by atoms with Crippen molar-refractivity contribution in [1.29, 1.82) is 0 Å². The second-order valence-corrected chi connectivity index (χ2v) is 8.65. The molecule has 4 rings (SSSR count). The number of piperidine rings is 1. The summed E-state index contributed by atoms with van der Waals surface area (Å²) in [5.74, 6) is 0.928. The Labute approximate surface area is 179 Å². The zero-order valence-electron chi connectivity index (χ0n) is 18.0. The molecule has 3 fully saturated rings. The first-order valence-corrected chi connectivity index (χ1v) is 11.3. The molecule has 2 atom stereocenters. The van der Waals surface area contributed by atoms with Gasteiger partial charge in [-0.25, -0.2) is 0 Å². The number of amides is 1. The van der Waals surface area contributed by atoms with E-state index in [1.165, 1.54) is 0 Å². The van der Waals surface area contributed by atoms with E-state index in [1.807, 2.05) is 18.2 Å². The van der Waals surface area contributed by atoms with Crippen LogP contribution in [0.5, 0.6) is 5.75 Å². The van der Waals surface area contributed by atoms with Crippen molar-refractivity contribution in [2.75, 3.05) is 39.9 Å². The molecule has 164 valence electrons. The van der Waals surface area contributed by atoms with Crippen molar-refractivity contribution in [2.45, 2.75) is 56.3 Å². The molecule has 6 nitrogen and oxygen atoms in total. The molecule has 1 amide bonds. The molecule has 0 radical (unpaired) electrons. The van der Waals surface area contributed by atoms with Crippen LogP contribution in [0.25, 0.3) is 6.08 Å². The van der Waals surface area contributed by atoms with Gasteiger partial charge in [-0.05, 0) is 44.6 Å². The zero-order chi connectivity index (χ0) is 20.8. The van der Waals surface area contributed by atoms with Crippen LogP contribution < -0.4 is 10.1 Å². The van der Waals surface area contributed by atoms with E-state index in [0.717, 1.165) is 69.5 Å². The third-order valence-electron chi connectivity index (χ3n) is 6.63. The summed E-state index contributed by atoms with van der Waals surface area (Å²) in [6.45, 7) is 4.34. The smallest absolute Gasteiger partial charge is 0.249 e. The molecule has 30 heavy (non-hydrogen) atoms. The number of rotatable bonds is 7. The lowest BCUT2D eigenvalue weighted by Crippen LogP contribution is -2.45. The van der Waals surface area contributed by atoms with Crippen molar-refractivity contribution >= 4 is 12.0 Å². The van der Waals surface area contributed by atoms with E-state index in [0.29, 0.717) is 13.2 Å². The van der Waals surface area contributed by atoms with Gasteiger partial charge in [0.1, 0.15) is 11.9 Å². The number of nitrogens with one attached hydrogen (secondary N) is 1. The average Bonchev–Trinajstić information content (AvgIpc) is 3.45. The number of hydrogen-bond donors (Lipinski definition) is 1. The van der Waals surface area contributed by atoms with Crippen molar-refractivity contribution < 1.29 is 19.0 Å². The molecule has 3 aliphatic rings. The minimum atomic E-state index is -0.257. The van der Waals surface area contributed by atoms with Gasteiger partial charge in [0.2, 0.25) is 5.91 Å². The van der Waals surface area contributed by atoms with E-state index in [9.17, 15) is 4.79 Å². The van der Waals surface area contributed by atoms with Crippen LogP contribution in [0.4, 0.5) is 0 Å². The van der Waals surface area contributed by atoms with Crippen LogP contribution >= 0.6 is 0 Å². The molecule has 3 heterocycles. The quantitative estimate of drug-likeness (QED) is 0.743. The monoisotopic (exact) mass is 414 g/mol. The van der Waals surface area contributed by atoms with Gasteiger partial charge in [-0.15, -0.1) is 0 Å². The van der Waals surface area contributed by atoms with Gasteiger partial charge < -0.3 is 19.5 Å². The normalized spacial score (nSPS) is 26.4. The van der Waals surface area contributed by atoms with Crippen molar-refractivity contribution in [2.24, 2.45) is 0 Å². The molecule has 1 N–H and O–H groups in total. The van der Waals surface area contributed by atoms with Crippen LogP contribution in [0.15, 0.2) is 30.3 Å². The third kappa shape index (κ3) is 5.23. The molecular formula is C24H34N2O4. The van der Waals surface area contributed by atoms with Gasteiger partial charge in [-0.1, -0.05) is 30.4 Å². The summed E-state index contributed by atoms with van der Waals surface area (Å²) in [6.07, 6.45) is 10.3. The van der Waals surface area contributed by atoms with Crippen LogP contribution in [0.1, 0.15) is 44.1 Å².